The molecule has 0 spiro atoms. The first-order valence-electron chi connectivity index (χ1n) is 8.01. The summed E-state index contributed by atoms with van der Waals surface area (Å²) in [5.74, 6) is -0.588. The molecule has 0 aliphatic carbocycles. The lowest BCUT2D eigenvalue weighted by atomic mass is 10.1. The predicted molar refractivity (Wildman–Crippen MR) is 103 cm³/mol. The quantitative estimate of drug-likeness (QED) is 0.541. The Kier molecular flexibility index (Phi) is 5.14. The molecule has 26 heavy (non-hydrogen) atoms. The zero-order chi connectivity index (χ0) is 18.7. The van der Waals surface area contributed by atoms with E-state index in [9.17, 15) is 9.59 Å². The number of benzene rings is 2. The number of hydrogen-bond acceptors (Lipinski definition) is 5. The van der Waals surface area contributed by atoms with Gasteiger partial charge in [0.1, 0.15) is 5.75 Å². The topological polar surface area (TPSA) is 68.3 Å². The molecule has 5 nitrogen and oxygen atoms in total. The maximum Gasteiger partial charge on any atom is 0.298 e. The lowest BCUT2D eigenvalue weighted by Crippen LogP contribution is -2.22. The van der Waals surface area contributed by atoms with Gasteiger partial charge in [0, 0.05) is 16.5 Å². The van der Waals surface area contributed by atoms with Gasteiger partial charge < -0.3 is 4.74 Å². The van der Waals surface area contributed by atoms with Crippen LogP contribution in [0.25, 0.3) is 11.3 Å². The maximum atomic E-state index is 12.2. The summed E-state index contributed by atoms with van der Waals surface area (Å²) in [4.78, 5) is 28.8. The van der Waals surface area contributed by atoms with Crippen molar-refractivity contribution >= 4 is 28.2 Å². The van der Waals surface area contributed by atoms with E-state index in [2.05, 4.69) is 10.3 Å². The molecule has 0 aliphatic heterocycles. The summed E-state index contributed by atoms with van der Waals surface area (Å²) in [6.45, 7) is 3.91. The maximum absolute atomic E-state index is 12.2. The largest absolute Gasteiger partial charge is 0.496 e. The minimum Gasteiger partial charge on any atom is -0.496 e. The highest BCUT2D eigenvalue weighted by Crippen LogP contribution is 2.33. The predicted octanol–water partition coefficient (Wildman–Crippen LogP) is 4.26. The molecule has 2 aromatic carbocycles. The van der Waals surface area contributed by atoms with E-state index in [1.807, 2.05) is 37.4 Å². The van der Waals surface area contributed by atoms with Crippen LogP contribution in [0.4, 0.5) is 5.13 Å². The second-order valence-corrected chi connectivity index (χ2v) is 6.75. The van der Waals surface area contributed by atoms with Crippen LogP contribution in [-0.4, -0.2) is 23.8 Å². The molecule has 3 rings (SSSR count). The number of carbonyl (C=O) groups is 2. The Morgan fingerprint density at radius 3 is 2.42 bits per heavy atom. The van der Waals surface area contributed by atoms with E-state index in [0.717, 1.165) is 16.7 Å². The zero-order valence-corrected chi connectivity index (χ0v) is 15.5. The van der Waals surface area contributed by atoms with Gasteiger partial charge in [-0.2, -0.15) is 0 Å². The highest BCUT2D eigenvalue weighted by molar-refractivity contribution is 7.14. The van der Waals surface area contributed by atoms with E-state index in [0.29, 0.717) is 22.1 Å². The van der Waals surface area contributed by atoms with Gasteiger partial charge in [0.05, 0.1) is 12.8 Å². The van der Waals surface area contributed by atoms with Crippen molar-refractivity contribution in [3.8, 4) is 17.0 Å². The summed E-state index contributed by atoms with van der Waals surface area (Å²) in [6, 6.07) is 12.7. The Labute approximate surface area is 155 Å². The SMILES string of the molecule is COc1ccc(C)cc1-c1csc(NC(=O)C(=O)c2ccc(C)cc2)n1. The molecule has 1 aromatic heterocycles. The minimum absolute atomic E-state index is 0.352. The second kappa shape index (κ2) is 7.49. The van der Waals surface area contributed by atoms with Gasteiger partial charge in [0.15, 0.2) is 5.13 Å². The highest BCUT2D eigenvalue weighted by Gasteiger charge is 2.18. The number of rotatable bonds is 5. The van der Waals surface area contributed by atoms with Crippen molar-refractivity contribution in [1.29, 1.82) is 0 Å². The fourth-order valence-corrected chi connectivity index (χ4v) is 3.17. The summed E-state index contributed by atoms with van der Waals surface area (Å²) in [7, 11) is 1.60. The van der Waals surface area contributed by atoms with Gasteiger partial charge in [0.2, 0.25) is 0 Å². The van der Waals surface area contributed by atoms with Crippen LogP contribution in [0.3, 0.4) is 0 Å². The van der Waals surface area contributed by atoms with Crippen LogP contribution in [0.5, 0.6) is 5.75 Å². The van der Waals surface area contributed by atoms with Crippen molar-refractivity contribution in [2.75, 3.05) is 12.4 Å². The van der Waals surface area contributed by atoms with Crippen LogP contribution < -0.4 is 10.1 Å². The normalized spacial score (nSPS) is 10.4. The Morgan fingerprint density at radius 2 is 1.73 bits per heavy atom. The lowest BCUT2D eigenvalue weighted by Gasteiger charge is -2.07. The molecule has 6 heteroatoms. The number of thiazole rings is 1. The molecule has 132 valence electrons. The fourth-order valence-electron chi connectivity index (χ4n) is 2.47. The number of nitrogens with one attached hydrogen (secondary N) is 1. The Balaban J connectivity index is 1.78. The molecule has 0 bridgehead atoms. The molecule has 0 radical (unpaired) electrons. The number of methoxy groups -OCH3 is 1. The van der Waals surface area contributed by atoms with Crippen molar-refractivity contribution in [3.05, 3.63) is 64.5 Å². The van der Waals surface area contributed by atoms with Crippen molar-refractivity contribution in [2.24, 2.45) is 0 Å². The molecule has 0 saturated carbocycles. The number of ether oxygens (including phenoxy) is 1. The van der Waals surface area contributed by atoms with Gasteiger partial charge in [-0.3, -0.25) is 14.9 Å². The standard InChI is InChI=1S/C20H18N2O3S/c1-12-4-7-14(8-5-12)18(23)19(24)22-20-21-16(11-26-20)15-10-13(2)6-9-17(15)25-3/h4-11H,1-3H3,(H,21,22,24). The van der Waals surface area contributed by atoms with Crippen LogP contribution in [0.15, 0.2) is 47.8 Å². The third-order valence-corrected chi connectivity index (χ3v) is 4.63. The number of amides is 1. The van der Waals surface area contributed by atoms with Gasteiger partial charge in [-0.05, 0) is 26.0 Å². The monoisotopic (exact) mass is 366 g/mol. The molecule has 3 aromatic rings. The highest BCUT2D eigenvalue weighted by atomic mass is 32.1. The van der Waals surface area contributed by atoms with Crippen LogP contribution in [0.1, 0.15) is 21.5 Å². The van der Waals surface area contributed by atoms with Crippen molar-refractivity contribution in [1.82, 2.24) is 4.98 Å². The number of aromatic nitrogens is 1. The first-order valence-corrected chi connectivity index (χ1v) is 8.89. The third-order valence-electron chi connectivity index (χ3n) is 3.88. The van der Waals surface area contributed by atoms with Gasteiger partial charge in [-0.1, -0.05) is 41.5 Å². The summed E-state index contributed by atoms with van der Waals surface area (Å²) < 4.78 is 5.37. The first-order chi connectivity index (χ1) is 12.5. The lowest BCUT2D eigenvalue weighted by molar-refractivity contribution is -0.112. The molecule has 0 unspecified atom stereocenters. The number of ketones is 1. The molecule has 0 aliphatic rings. The molecule has 1 N–H and O–H groups in total. The summed E-state index contributed by atoms with van der Waals surface area (Å²) in [6.07, 6.45) is 0. The van der Waals surface area contributed by atoms with Crippen LogP contribution >= 0.6 is 11.3 Å². The van der Waals surface area contributed by atoms with Crippen LogP contribution in [0, 0.1) is 13.8 Å². The van der Waals surface area contributed by atoms with Gasteiger partial charge >= 0.3 is 0 Å². The van der Waals surface area contributed by atoms with E-state index < -0.39 is 11.7 Å². The van der Waals surface area contributed by atoms with Crippen molar-refractivity contribution in [2.45, 2.75) is 13.8 Å². The molecule has 1 amide bonds. The zero-order valence-electron chi connectivity index (χ0n) is 14.7. The number of carbonyl (C=O) groups excluding carboxylic acids is 2. The molecule has 0 atom stereocenters. The Morgan fingerprint density at radius 1 is 1.04 bits per heavy atom. The van der Waals surface area contributed by atoms with Gasteiger partial charge in [0.25, 0.3) is 11.7 Å². The number of anilines is 1. The van der Waals surface area contributed by atoms with E-state index in [1.165, 1.54) is 11.3 Å². The van der Waals surface area contributed by atoms with Gasteiger partial charge in [-0.25, -0.2) is 4.98 Å². The number of Topliss-reactive ketones (excluding diaryl/α,β-unsaturated/α-hetero) is 1. The summed E-state index contributed by atoms with van der Waals surface area (Å²) >= 11 is 1.26. The molecular formula is C20H18N2O3S. The van der Waals surface area contributed by atoms with Crippen LogP contribution in [-0.2, 0) is 4.79 Å². The molecular weight excluding hydrogens is 348 g/mol. The van der Waals surface area contributed by atoms with Crippen LogP contribution in [0.2, 0.25) is 0 Å². The number of hydrogen-bond donors (Lipinski definition) is 1. The summed E-state index contributed by atoms with van der Waals surface area (Å²) in [5.41, 5.74) is 3.99. The van der Waals surface area contributed by atoms with E-state index >= 15 is 0 Å². The fraction of sp³-hybridized carbons (Fsp3) is 0.150. The van der Waals surface area contributed by atoms with E-state index in [1.54, 1.807) is 31.4 Å². The smallest absolute Gasteiger partial charge is 0.298 e. The molecule has 1 heterocycles. The van der Waals surface area contributed by atoms with E-state index in [-0.39, 0.29) is 0 Å². The minimum atomic E-state index is -0.703. The van der Waals surface area contributed by atoms with E-state index in [4.69, 9.17) is 4.74 Å². The van der Waals surface area contributed by atoms with Crippen molar-refractivity contribution in [3.63, 3.8) is 0 Å². The summed E-state index contributed by atoms with van der Waals surface area (Å²) in [5, 5.41) is 4.77. The third kappa shape index (κ3) is 3.81. The molecule has 0 fully saturated rings. The van der Waals surface area contributed by atoms with Gasteiger partial charge in [-0.15, -0.1) is 11.3 Å². The Bertz CT molecular complexity index is 961. The average Bonchev–Trinajstić information content (AvgIpc) is 3.10. The second-order valence-electron chi connectivity index (χ2n) is 5.89. The van der Waals surface area contributed by atoms with Crippen molar-refractivity contribution < 1.29 is 14.3 Å². The number of nitrogens with zero attached hydrogens (tertiary/aromatic N) is 1. The molecule has 0 saturated heterocycles. The number of aryl methyl sites for hydroxylation is 2. The Hall–Kier alpha value is -2.99. The average molecular weight is 366 g/mol. The first kappa shape index (κ1) is 17.8.